The van der Waals surface area contributed by atoms with Gasteiger partial charge in [0.2, 0.25) is 0 Å². The van der Waals surface area contributed by atoms with Crippen LogP contribution in [0.3, 0.4) is 0 Å². The predicted molar refractivity (Wildman–Crippen MR) is 134 cm³/mol. The summed E-state index contributed by atoms with van der Waals surface area (Å²) in [5, 5.41) is 3.53. The number of nitrogens with zero attached hydrogens (tertiary/aromatic N) is 1. The van der Waals surface area contributed by atoms with E-state index in [1.54, 1.807) is 22.4 Å². The van der Waals surface area contributed by atoms with E-state index in [2.05, 4.69) is 59.8 Å². The highest BCUT2D eigenvalue weighted by molar-refractivity contribution is 5.85. The highest BCUT2D eigenvalue weighted by Crippen LogP contribution is 2.59. The topological polar surface area (TPSA) is 15.3 Å². The van der Waals surface area contributed by atoms with Gasteiger partial charge in [-0.1, -0.05) is 37.3 Å². The average Bonchev–Trinajstić information content (AvgIpc) is 3.03. The third-order valence-corrected chi connectivity index (χ3v) is 9.87. The van der Waals surface area contributed by atoms with Crippen molar-refractivity contribution < 1.29 is 0 Å². The van der Waals surface area contributed by atoms with E-state index >= 15 is 0 Å². The molecule has 2 bridgehead atoms. The molecule has 0 aromatic rings. The molecule has 1 saturated carbocycles. The molecule has 0 amide bonds. The van der Waals surface area contributed by atoms with Crippen molar-refractivity contribution in [1.82, 2.24) is 10.2 Å². The summed E-state index contributed by atoms with van der Waals surface area (Å²) in [6, 6.07) is 0.553. The van der Waals surface area contributed by atoms with Gasteiger partial charge in [0.1, 0.15) is 0 Å². The predicted octanol–water partition coefficient (Wildman–Crippen LogP) is 6.95. The molecule has 0 aromatic heterocycles. The molecule has 3 aliphatic heterocycles. The molecule has 2 fully saturated rings. The van der Waals surface area contributed by atoms with Gasteiger partial charge in [-0.3, -0.25) is 0 Å². The number of allylic oxidation sites excluding steroid dienone is 7. The van der Waals surface area contributed by atoms with E-state index in [9.17, 15) is 0 Å². The van der Waals surface area contributed by atoms with Crippen molar-refractivity contribution in [3.63, 3.8) is 0 Å². The van der Waals surface area contributed by atoms with Gasteiger partial charge in [0.05, 0.1) is 6.04 Å². The molecule has 5 aliphatic carbocycles. The number of fused-ring (bicyclic) bond motifs is 7. The number of dihydropyridines is 1. The fourth-order valence-corrected chi connectivity index (χ4v) is 7.99. The molecule has 8 rings (SSSR count). The fraction of sp³-hybridized carbons (Fsp3) is 0.586. The highest BCUT2D eigenvalue weighted by atomic mass is 35.5. The van der Waals surface area contributed by atoms with Gasteiger partial charge in [-0.2, -0.15) is 0 Å². The van der Waals surface area contributed by atoms with Crippen molar-refractivity contribution in [3.05, 3.63) is 70.8 Å². The normalized spacial score (nSPS) is 40.8. The van der Waals surface area contributed by atoms with Crippen LogP contribution in [0.1, 0.15) is 71.1 Å². The minimum Gasteiger partial charge on any atom is -0.387 e. The zero-order valence-electron chi connectivity index (χ0n) is 19.4. The molecular weight excluding hydrogens is 412 g/mol. The van der Waals surface area contributed by atoms with Crippen molar-refractivity contribution in [3.8, 4) is 0 Å². The van der Waals surface area contributed by atoms with Gasteiger partial charge in [0.25, 0.3) is 0 Å². The van der Waals surface area contributed by atoms with Crippen LogP contribution in [-0.4, -0.2) is 17.5 Å². The van der Waals surface area contributed by atoms with E-state index in [4.69, 9.17) is 0 Å². The lowest BCUT2D eigenvalue weighted by molar-refractivity contribution is 0.110. The molecule has 0 radical (unpaired) electrons. The van der Waals surface area contributed by atoms with Crippen molar-refractivity contribution in [1.29, 1.82) is 0 Å². The summed E-state index contributed by atoms with van der Waals surface area (Å²) in [4.78, 5) is 2.83. The number of rotatable bonds is 2. The second kappa shape index (κ2) is 7.42. The van der Waals surface area contributed by atoms with Crippen LogP contribution in [0.25, 0.3) is 0 Å². The summed E-state index contributed by atoms with van der Waals surface area (Å²) < 4.78 is 0. The first-order valence-corrected chi connectivity index (χ1v) is 12.9. The SMILES string of the molecule is CC12C=CC(CC3CCC4C5=CNCC=C5N5C4=C3CC=C3C=CCCC35)(CC1)CC2.Cl. The van der Waals surface area contributed by atoms with E-state index in [-0.39, 0.29) is 12.4 Å². The van der Waals surface area contributed by atoms with Gasteiger partial charge in [-0.05, 0) is 98.2 Å². The van der Waals surface area contributed by atoms with Gasteiger partial charge >= 0.3 is 0 Å². The monoisotopic (exact) mass is 448 g/mol. The smallest absolute Gasteiger partial charge is 0.0588 e. The van der Waals surface area contributed by atoms with Crippen LogP contribution in [0.15, 0.2) is 70.8 Å². The average molecular weight is 449 g/mol. The summed E-state index contributed by atoms with van der Waals surface area (Å²) in [5.74, 6) is 1.38. The summed E-state index contributed by atoms with van der Waals surface area (Å²) in [7, 11) is 0. The van der Waals surface area contributed by atoms with E-state index < -0.39 is 0 Å². The van der Waals surface area contributed by atoms with Crippen molar-refractivity contribution in [2.24, 2.45) is 22.7 Å². The Balaban J connectivity index is 0.00000196. The molecule has 3 atom stereocenters. The van der Waals surface area contributed by atoms with Crippen LogP contribution in [0.4, 0.5) is 0 Å². The van der Waals surface area contributed by atoms with Crippen LogP contribution in [0.2, 0.25) is 0 Å². The lowest BCUT2D eigenvalue weighted by Gasteiger charge is -2.49. The Morgan fingerprint density at radius 1 is 1.06 bits per heavy atom. The molecule has 3 unspecified atom stereocenters. The summed E-state index contributed by atoms with van der Waals surface area (Å²) in [6.07, 6.45) is 30.9. The maximum absolute atomic E-state index is 3.53. The van der Waals surface area contributed by atoms with Gasteiger partial charge in [0.15, 0.2) is 0 Å². The maximum atomic E-state index is 3.53. The van der Waals surface area contributed by atoms with Crippen LogP contribution in [0.5, 0.6) is 0 Å². The number of hydrogen-bond donors (Lipinski definition) is 1. The Labute approximate surface area is 199 Å². The van der Waals surface area contributed by atoms with Crippen molar-refractivity contribution in [2.75, 3.05) is 6.54 Å². The molecule has 2 nitrogen and oxygen atoms in total. The van der Waals surface area contributed by atoms with Crippen LogP contribution in [-0.2, 0) is 0 Å². The molecule has 32 heavy (non-hydrogen) atoms. The fourth-order valence-electron chi connectivity index (χ4n) is 7.99. The Morgan fingerprint density at radius 2 is 1.94 bits per heavy atom. The van der Waals surface area contributed by atoms with Gasteiger partial charge in [0, 0.05) is 35.6 Å². The van der Waals surface area contributed by atoms with Gasteiger partial charge in [-0.15, -0.1) is 12.4 Å². The summed E-state index contributed by atoms with van der Waals surface area (Å²) >= 11 is 0. The van der Waals surface area contributed by atoms with E-state index in [1.807, 2.05) is 0 Å². The molecule has 8 aliphatic rings. The molecule has 3 heteroatoms. The van der Waals surface area contributed by atoms with E-state index in [0.29, 0.717) is 22.8 Å². The van der Waals surface area contributed by atoms with Crippen LogP contribution < -0.4 is 5.32 Å². The number of halogens is 1. The zero-order chi connectivity index (χ0) is 20.6. The molecule has 3 heterocycles. The Bertz CT molecular complexity index is 998. The van der Waals surface area contributed by atoms with Gasteiger partial charge < -0.3 is 10.2 Å². The van der Waals surface area contributed by atoms with Crippen molar-refractivity contribution in [2.45, 2.75) is 77.2 Å². The largest absolute Gasteiger partial charge is 0.387 e. The first kappa shape index (κ1) is 20.9. The minimum absolute atomic E-state index is 0. The third-order valence-electron chi connectivity index (χ3n) is 9.87. The lowest BCUT2D eigenvalue weighted by atomic mass is 9.55. The number of hydrogen-bond acceptors (Lipinski definition) is 2. The lowest BCUT2D eigenvalue weighted by Crippen LogP contribution is -2.38. The quantitative estimate of drug-likeness (QED) is 0.459. The molecular formula is C29H37ClN2. The molecule has 1 N–H and O–H groups in total. The first-order valence-electron chi connectivity index (χ1n) is 12.9. The first-order chi connectivity index (χ1) is 15.1. The highest BCUT2D eigenvalue weighted by Gasteiger charge is 2.49. The second-order valence-electron chi connectivity index (χ2n) is 11.7. The standard InChI is InChI=1S/C29H36N2.ClH/c1-28-11-14-29(15-12-28,16-13-28)18-21-7-9-23-24-19-30-17-10-26(24)31-25-5-3-2-4-20(25)6-8-22(21)27(23)31;/h2,4,6,10-11,14,19,21,23,25,30H,3,5,7-9,12-13,15-18H2,1H3;1H. The number of nitrogens with one attached hydrogen (secondary N) is 1. The van der Waals surface area contributed by atoms with Crippen LogP contribution >= 0.6 is 12.4 Å². The second-order valence-corrected chi connectivity index (χ2v) is 11.7. The third kappa shape index (κ3) is 2.98. The molecule has 0 spiro atoms. The maximum Gasteiger partial charge on any atom is 0.0588 e. The Kier molecular flexibility index (Phi) is 4.85. The molecule has 1 saturated heterocycles. The van der Waals surface area contributed by atoms with Gasteiger partial charge in [-0.25, -0.2) is 0 Å². The van der Waals surface area contributed by atoms with Crippen LogP contribution in [0, 0.1) is 22.7 Å². The minimum atomic E-state index is 0. The van der Waals surface area contributed by atoms with E-state index in [0.717, 1.165) is 12.5 Å². The zero-order valence-corrected chi connectivity index (χ0v) is 20.2. The molecule has 170 valence electrons. The Hall–Kier alpha value is -1.67. The summed E-state index contributed by atoms with van der Waals surface area (Å²) in [6.45, 7) is 3.45. The Morgan fingerprint density at radius 3 is 2.75 bits per heavy atom. The molecule has 0 aromatic carbocycles. The van der Waals surface area contributed by atoms with Crippen molar-refractivity contribution >= 4 is 12.4 Å². The summed E-state index contributed by atoms with van der Waals surface area (Å²) in [5.41, 5.74) is 9.19. The van der Waals surface area contributed by atoms with E-state index in [1.165, 1.54) is 69.9 Å².